The highest BCUT2D eigenvalue weighted by Gasteiger charge is 2.24. The van der Waals surface area contributed by atoms with Crippen LogP contribution in [-0.2, 0) is 0 Å². The molecule has 0 aromatic heterocycles. The van der Waals surface area contributed by atoms with Crippen molar-refractivity contribution in [2.75, 3.05) is 25.0 Å². The molecule has 110 valence electrons. The Morgan fingerprint density at radius 1 is 0.905 bits per heavy atom. The predicted molar refractivity (Wildman–Crippen MR) is 89.7 cm³/mol. The smallest absolute Gasteiger partial charge is 0.0340 e. The van der Waals surface area contributed by atoms with Crippen LogP contribution in [0.5, 0.6) is 0 Å². The SMILES string of the molecule is c1ccc(NCC(c2ccccc2)C2CCNCC2)cc1. The molecule has 3 rings (SSSR count). The van der Waals surface area contributed by atoms with Crippen LogP contribution in [0, 0.1) is 5.92 Å². The second-order valence-corrected chi connectivity index (χ2v) is 5.85. The number of para-hydroxylation sites is 1. The lowest BCUT2D eigenvalue weighted by atomic mass is 9.80. The van der Waals surface area contributed by atoms with Crippen molar-refractivity contribution in [3.05, 3.63) is 66.2 Å². The van der Waals surface area contributed by atoms with Crippen molar-refractivity contribution in [2.24, 2.45) is 5.92 Å². The van der Waals surface area contributed by atoms with Crippen LogP contribution in [0.4, 0.5) is 5.69 Å². The maximum absolute atomic E-state index is 3.62. The molecule has 2 N–H and O–H groups in total. The summed E-state index contributed by atoms with van der Waals surface area (Å²) < 4.78 is 0. The van der Waals surface area contributed by atoms with Crippen LogP contribution in [0.25, 0.3) is 0 Å². The van der Waals surface area contributed by atoms with E-state index in [0.29, 0.717) is 5.92 Å². The third-order valence-corrected chi connectivity index (χ3v) is 4.48. The van der Waals surface area contributed by atoms with Crippen molar-refractivity contribution in [1.82, 2.24) is 5.32 Å². The quantitative estimate of drug-likeness (QED) is 0.868. The lowest BCUT2D eigenvalue weighted by molar-refractivity contribution is 0.325. The molecule has 21 heavy (non-hydrogen) atoms. The Morgan fingerprint density at radius 3 is 2.19 bits per heavy atom. The first kappa shape index (κ1) is 14.2. The van der Waals surface area contributed by atoms with E-state index in [9.17, 15) is 0 Å². The average molecular weight is 280 g/mol. The van der Waals surface area contributed by atoms with Crippen molar-refractivity contribution < 1.29 is 0 Å². The molecule has 2 heteroatoms. The molecule has 0 saturated carbocycles. The summed E-state index contributed by atoms with van der Waals surface area (Å²) in [6, 6.07) is 21.5. The summed E-state index contributed by atoms with van der Waals surface area (Å²) in [7, 11) is 0. The fourth-order valence-electron chi connectivity index (χ4n) is 3.29. The van der Waals surface area contributed by atoms with E-state index in [2.05, 4.69) is 71.3 Å². The van der Waals surface area contributed by atoms with Gasteiger partial charge in [-0.25, -0.2) is 0 Å². The highest BCUT2D eigenvalue weighted by atomic mass is 14.9. The van der Waals surface area contributed by atoms with Crippen molar-refractivity contribution in [2.45, 2.75) is 18.8 Å². The highest BCUT2D eigenvalue weighted by molar-refractivity contribution is 5.43. The van der Waals surface area contributed by atoms with E-state index in [-0.39, 0.29) is 0 Å². The maximum atomic E-state index is 3.62. The van der Waals surface area contributed by atoms with Crippen LogP contribution >= 0.6 is 0 Å². The number of hydrogen-bond donors (Lipinski definition) is 2. The van der Waals surface area contributed by atoms with Gasteiger partial charge in [0.15, 0.2) is 0 Å². The Kier molecular flexibility index (Phi) is 4.90. The summed E-state index contributed by atoms with van der Waals surface area (Å²) in [5, 5.41) is 7.09. The van der Waals surface area contributed by atoms with E-state index in [1.165, 1.54) is 24.1 Å². The monoisotopic (exact) mass is 280 g/mol. The van der Waals surface area contributed by atoms with Gasteiger partial charge in [0, 0.05) is 18.2 Å². The van der Waals surface area contributed by atoms with E-state index in [1.807, 2.05) is 0 Å². The van der Waals surface area contributed by atoms with Gasteiger partial charge in [0.25, 0.3) is 0 Å². The molecule has 1 unspecified atom stereocenters. The Bertz CT molecular complexity index is 518. The summed E-state index contributed by atoms with van der Waals surface area (Å²) >= 11 is 0. The summed E-state index contributed by atoms with van der Waals surface area (Å²) in [5.74, 6) is 1.36. The van der Waals surface area contributed by atoms with Gasteiger partial charge in [-0.15, -0.1) is 0 Å². The van der Waals surface area contributed by atoms with Gasteiger partial charge in [-0.2, -0.15) is 0 Å². The van der Waals surface area contributed by atoms with Crippen LogP contribution < -0.4 is 10.6 Å². The first-order chi connectivity index (χ1) is 10.4. The lowest BCUT2D eigenvalue weighted by Crippen LogP contribution is -2.33. The average Bonchev–Trinajstić information content (AvgIpc) is 2.58. The first-order valence-corrected chi connectivity index (χ1v) is 7.98. The zero-order chi connectivity index (χ0) is 14.3. The molecule has 2 nitrogen and oxygen atoms in total. The van der Waals surface area contributed by atoms with E-state index in [0.717, 1.165) is 25.6 Å². The van der Waals surface area contributed by atoms with Crippen molar-refractivity contribution in [3.63, 3.8) is 0 Å². The third-order valence-electron chi connectivity index (χ3n) is 4.48. The normalized spacial score (nSPS) is 17.3. The van der Waals surface area contributed by atoms with Crippen LogP contribution in [0.1, 0.15) is 24.3 Å². The second kappa shape index (κ2) is 7.28. The van der Waals surface area contributed by atoms with Crippen molar-refractivity contribution in [1.29, 1.82) is 0 Å². The lowest BCUT2D eigenvalue weighted by Gasteiger charge is -2.31. The molecule has 1 saturated heterocycles. The fourth-order valence-corrected chi connectivity index (χ4v) is 3.29. The Morgan fingerprint density at radius 2 is 1.52 bits per heavy atom. The van der Waals surface area contributed by atoms with E-state index >= 15 is 0 Å². The Labute approximate surface area is 127 Å². The number of nitrogens with one attached hydrogen (secondary N) is 2. The third kappa shape index (κ3) is 3.85. The molecule has 0 amide bonds. The molecule has 0 aliphatic carbocycles. The zero-order valence-corrected chi connectivity index (χ0v) is 12.5. The molecule has 1 atom stereocenters. The van der Waals surface area contributed by atoms with E-state index in [1.54, 1.807) is 0 Å². The second-order valence-electron chi connectivity index (χ2n) is 5.85. The van der Waals surface area contributed by atoms with Gasteiger partial charge in [-0.1, -0.05) is 48.5 Å². The Balaban J connectivity index is 1.72. The largest absolute Gasteiger partial charge is 0.384 e. The molecule has 0 radical (unpaired) electrons. The molecule has 0 spiro atoms. The van der Waals surface area contributed by atoms with Gasteiger partial charge in [0.2, 0.25) is 0 Å². The fraction of sp³-hybridized carbons (Fsp3) is 0.368. The topological polar surface area (TPSA) is 24.1 Å². The summed E-state index contributed by atoms with van der Waals surface area (Å²) in [4.78, 5) is 0. The van der Waals surface area contributed by atoms with Crippen LogP contribution in [-0.4, -0.2) is 19.6 Å². The molecule has 2 aromatic carbocycles. The maximum Gasteiger partial charge on any atom is 0.0340 e. The molecule has 0 bridgehead atoms. The summed E-state index contributed by atoms with van der Waals surface area (Å²) in [6.45, 7) is 3.32. The number of benzene rings is 2. The molecule has 2 aromatic rings. The molecular weight excluding hydrogens is 256 g/mol. The van der Waals surface area contributed by atoms with Gasteiger partial charge in [0.1, 0.15) is 0 Å². The summed E-state index contributed by atoms with van der Waals surface area (Å²) in [5.41, 5.74) is 2.68. The first-order valence-electron chi connectivity index (χ1n) is 7.98. The zero-order valence-electron chi connectivity index (χ0n) is 12.5. The molecule has 1 fully saturated rings. The Hall–Kier alpha value is -1.80. The van der Waals surface area contributed by atoms with Gasteiger partial charge in [-0.3, -0.25) is 0 Å². The van der Waals surface area contributed by atoms with Crippen LogP contribution in [0.3, 0.4) is 0 Å². The van der Waals surface area contributed by atoms with Crippen LogP contribution in [0.2, 0.25) is 0 Å². The number of anilines is 1. The van der Waals surface area contributed by atoms with Crippen molar-refractivity contribution >= 4 is 5.69 Å². The van der Waals surface area contributed by atoms with E-state index < -0.39 is 0 Å². The molecule has 1 aliphatic rings. The van der Waals surface area contributed by atoms with Gasteiger partial charge >= 0.3 is 0 Å². The number of hydrogen-bond acceptors (Lipinski definition) is 2. The molecule has 1 heterocycles. The van der Waals surface area contributed by atoms with Crippen molar-refractivity contribution in [3.8, 4) is 0 Å². The number of rotatable bonds is 5. The van der Waals surface area contributed by atoms with Gasteiger partial charge in [0.05, 0.1) is 0 Å². The minimum Gasteiger partial charge on any atom is -0.384 e. The van der Waals surface area contributed by atoms with Gasteiger partial charge < -0.3 is 10.6 Å². The molecular formula is C19H24N2. The standard InChI is InChI=1S/C19H24N2/c1-3-7-16(8-4-1)19(17-11-13-20-14-12-17)15-21-18-9-5-2-6-10-18/h1-10,17,19-21H,11-15H2. The van der Waals surface area contributed by atoms with Gasteiger partial charge in [-0.05, 0) is 49.5 Å². The molecule has 1 aliphatic heterocycles. The predicted octanol–water partition coefficient (Wildman–Crippen LogP) is 3.88. The number of piperidine rings is 1. The highest BCUT2D eigenvalue weighted by Crippen LogP contribution is 2.31. The minimum absolute atomic E-state index is 0.591. The van der Waals surface area contributed by atoms with Crippen LogP contribution in [0.15, 0.2) is 60.7 Å². The van der Waals surface area contributed by atoms with E-state index in [4.69, 9.17) is 0 Å². The summed E-state index contributed by atoms with van der Waals surface area (Å²) in [6.07, 6.45) is 2.55. The minimum atomic E-state index is 0.591.